The minimum Gasteiger partial charge on any atom is -0.439 e. The van der Waals surface area contributed by atoms with Crippen LogP contribution in [0, 0.1) is 10.1 Å². The largest absolute Gasteiger partial charge is 0.439 e. The van der Waals surface area contributed by atoms with E-state index in [1.165, 1.54) is 12.1 Å². The van der Waals surface area contributed by atoms with Crippen molar-refractivity contribution in [3.63, 3.8) is 0 Å². The number of amides is 3. The van der Waals surface area contributed by atoms with E-state index in [1.54, 1.807) is 35.2 Å². The summed E-state index contributed by atoms with van der Waals surface area (Å²) in [6, 6.07) is 9.41. The van der Waals surface area contributed by atoms with Crippen LogP contribution < -0.4 is 4.74 Å². The summed E-state index contributed by atoms with van der Waals surface area (Å²) in [4.78, 5) is 54.8. The van der Waals surface area contributed by atoms with Gasteiger partial charge in [-0.25, -0.2) is 4.98 Å². The Balaban J connectivity index is 1.38. The van der Waals surface area contributed by atoms with Gasteiger partial charge in [0, 0.05) is 25.2 Å². The molecule has 10 nitrogen and oxygen atoms in total. The molecule has 4 rings (SSSR count). The number of ether oxygens (including phenoxy) is 1. The molecule has 0 bridgehead atoms. The second-order valence-corrected chi connectivity index (χ2v) is 8.84. The van der Waals surface area contributed by atoms with Crippen LogP contribution in [0.1, 0.15) is 31.2 Å². The van der Waals surface area contributed by atoms with Crippen molar-refractivity contribution < 1.29 is 24.0 Å². The number of carbonyl (C=O) groups is 3. The van der Waals surface area contributed by atoms with Crippen LogP contribution in [-0.4, -0.2) is 56.4 Å². The highest BCUT2D eigenvalue weighted by atomic mass is 32.2. The number of rotatable bonds is 6. The van der Waals surface area contributed by atoms with Crippen LogP contribution in [0.2, 0.25) is 0 Å². The molecular formula is C23H22N4O6S. The summed E-state index contributed by atoms with van der Waals surface area (Å²) in [7, 11) is 0. The molecule has 0 spiro atoms. The number of benzene rings is 1. The van der Waals surface area contributed by atoms with E-state index >= 15 is 0 Å². The first-order valence-corrected chi connectivity index (χ1v) is 11.6. The van der Waals surface area contributed by atoms with E-state index in [2.05, 4.69) is 4.98 Å². The molecule has 0 radical (unpaired) electrons. The number of nitrogens with zero attached hydrogens (tertiary/aromatic N) is 4. The maximum atomic E-state index is 12.8. The lowest BCUT2D eigenvalue weighted by Gasteiger charge is -2.22. The Bertz CT molecular complexity index is 1130. The van der Waals surface area contributed by atoms with E-state index in [0.717, 1.165) is 48.5 Å². The number of imide groups is 1. The predicted octanol–water partition coefficient (Wildman–Crippen LogP) is 4.22. The van der Waals surface area contributed by atoms with E-state index in [9.17, 15) is 24.5 Å². The first kappa shape index (κ1) is 23.4. The molecule has 2 aromatic rings. The van der Waals surface area contributed by atoms with Crippen LogP contribution in [0.3, 0.4) is 0 Å². The SMILES string of the molecule is O=C(CN1C(=O)SC(=Cc2ccc(Oc3ccc([N+](=O)[O-])cn3)cc2)C1=O)N1CCCCCC1. The van der Waals surface area contributed by atoms with Gasteiger partial charge < -0.3 is 9.64 Å². The molecular weight excluding hydrogens is 460 g/mol. The van der Waals surface area contributed by atoms with Crippen LogP contribution in [0.15, 0.2) is 47.5 Å². The molecule has 2 aliphatic rings. The van der Waals surface area contributed by atoms with Crippen molar-refractivity contribution in [2.75, 3.05) is 19.6 Å². The molecule has 3 amide bonds. The number of aromatic nitrogens is 1. The van der Waals surface area contributed by atoms with Crippen molar-refractivity contribution in [3.8, 4) is 11.6 Å². The number of likely N-dealkylation sites (tertiary alicyclic amines) is 1. The summed E-state index contributed by atoms with van der Waals surface area (Å²) >= 11 is 0.811. The first-order chi connectivity index (χ1) is 16.4. The lowest BCUT2D eigenvalue weighted by Crippen LogP contribution is -2.42. The Morgan fingerprint density at radius 3 is 2.41 bits per heavy atom. The van der Waals surface area contributed by atoms with Crippen LogP contribution in [-0.2, 0) is 9.59 Å². The van der Waals surface area contributed by atoms with E-state index in [4.69, 9.17) is 4.74 Å². The molecule has 176 valence electrons. The Kier molecular flexibility index (Phi) is 7.21. The Morgan fingerprint density at radius 2 is 1.79 bits per heavy atom. The molecule has 3 heterocycles. The summed E-state index contributed by atoms with van der Waals surface area (Å²) in [5, 5.41) is 10.2. The van der Waals surface area contributed by atoms with Gasteiger partial charge in [0.2, 0.25) is 11.8 Å². The minimum absolute atomic E-state index is 0.134. The highest BCUT2D eigenvalue weighted by Gasteiger charge is 2.37. The molecule has 2 saturated heterocycles. The van der Waals surface area contributed by atoms with Gasteiger partial charge in [-0.3, -0.25) is 29.4 Å². The van der Waals surface area contributed by atoms with Gasteiger partial charge in [0.1, 0.15) is 18.5 Å². The van der Waals surface area contributed by atoms with Crippen LogP contribution in [0.5, 0.6) is 11.6 Å². The summed E-state index contributed by atoms with van der Waals surface area (Å²) in [5.41, 5.74) is 0.540. The summed E-state index contributed by atoms with van der Waals surface area (Å²) in [6.07, 6.45) is 6.75. The maximum Gasteiger partial charge on any atom is 0.294 e. The zero-order chi connectivity index (χ0) is 24.1. The number of hydrogen-bond donors (Lipinski definition) is 0. The van der Waals surface area contributed by atoms with Crippen molar-refractivity contribution in [1.29, 1.82) is 0 Å². The molecule has 2 fully saturated rings. The van der Waals surface area contributed by atoms with Gasteiger partial charge in [-0.15, -0.1) is 0 Å². The van der Waals surface area contributed by atoms with Gasteiger partial charge in [0.15, 0.2) is 0 Å². The fraction of sp³-hybridized carbons (Fsp3) is 0.304. The Morgan fingerprint density at radius 1 is 1.09 bits per heavy atom. The molecule has 0 atom stereocenters. The standard InChI is InChI=1S/C23H22N4O6S/c28-21(25-11-3-1-2-4-12-25)15-26-22(29)19(34-23(26)30)13-16-5-8-18(9-6-16)33-20-10-7-17(14-24-20)27(31)32/h5-10,13-14H,1-4,11-12,15H2. The molecule has 1 aromatic heterocycles. The summed E-state index contributed by atoms with van der Waals surface area (Å²) < 4.78 is 5.57. The topological polar surface area (TPSA) is 123 Å². The monoisotopic (exact) mass is 482 g/mol. The number of thioether (sulfide) groups is 1. The lowest BCUT2D eigenvalue weighted by atomic mass is 10.2. The third-order valence-electron chi connectivity index (χ3n) is 5.46. The first-order valence-electron chi connectivity index (χ1n) is 10.8. The molecule has 0 unspecified atom stereocenters. The quantitative estimate of drug-likeness (QED) is 0.341. The average molecular weight is 483 g/mol. The van der Waals surface area contributed by atoms with Crippen molar-refractivity contribution >= 4 is 40.6 Å². The predicted molar refractivity (Wildman–Crippen MR) is 125 cm³/mol. The second kappa shape index (κ2) is 10.5. The van der Waals surface area contributed by atoms with E-state index in [1.807, 2.05) is 0 Å². The van der Waals surface area contributed by atoms with Crippen LogP contribution >= 0.6 is 11.8 Å². The number of carbonyl (C=O) groups excluding carboxylic acids is 3. The average Bonchev–Trinajstić information content (AvgIpc) is 3.02. The molecule has 1 aromatic carbocycles. The molecule has 11 heteroatoms. The lowest BCUT2D eigenvalue weighted by molar-refractivity contribution is -0.385. The molecule has 34 heavy (non-hydrogen) atoms. The van der Waals surface area contributed by atoms with Gasteiger partial charge >= 0.3 is 0 Å². The van der Waals surface area contributed by atoms with Crippen LogP contribution in [0.25, 0.3) is 6.08 Å². The second-order valence-electron chi connectivity index (χ2n) is 7.85. The molecule has 0 aliphatic carbocycles. The van der Waals surface area contributed by atoms with Crippen LogP contribution in [0.4, 0.5) is 10.5 Å². The number of nitro groups is 1. The highest BCUT2D eigenvalue weighted by Crippen LogP contribution is 2.32. The smallest absolute Gasteiger partial charge is 0.294 e. The van der Waals surface area contributed by atoms with Crippen molar-refractivity contribution in [3.05, 3.63) is 63.2 Å². The van der Waals surface area contributed by atoms with Gasteiger partial charge in [-0.2, -0.15) is 0 Å². The van der Waals surface area contributed by atoms with Gasteiger partial charge in [-0.05, 0) is 48.4 Å². The fourth-order valence-electron chi connectivity index (χ4n) is 3.64. The van der Waals surface area contributed by atoms with Gasteiger partial charge in [0.25, 0.3) is 16.8 Å². The number of pyridine rings is 1. The van der Waals surface area contributed by atoms with E-state index in [0.29, 0.717) is 24.4 Å². The molecule has 0 saturated carbocycles. The van der Waals surface area contributed by atoms with Crippen molar-refractivity contribution in [2.45, 2.75) is 25.7 Å². The van der Waals surface area contributed by atoms with Crippen molar-refractivity contribution in [2.24, 2.45) is 0 Å². The third-order valence-corrected chi connectivity index (χ3v) is 6.36. The maximum absolute atomic E-state index is 12.8. The Labute approximate surface area is 199 Å². The number of hydrogen-bond acceptors (Lipinski definition) is 8. The van der Waals surface area contributed by atoms with E-state index < -0.39 is 16.1 Å². The highest BCUT2D eigenvalue weighted by molar-refractivity contribution is 8.18. The summed E-state index contributed by atoms with van der Waals surface area (Å²) in [6.45, 7) is 1.08. The van der Waals surface area contributed by atoms with Gasteiger partial charge in [-0.1, -0.05) is 25.0 Å². The van der Waals surface area contributed by atoms with Crippen molar-refractivity contribution in [1.82, 2.24) is 14.8 Å². The zero-order valence-corrected chi connectivity index (χ0v) is 19.0. The Hall–Kier alpha value is -3.73. The minimum atomic E-state index is -0.544. The fourth-order valence-corrected chi connectivity index (χ4v) is 4.48. The normalized spacial score (nSPS) is 17.7. The zero-order valence-electron chi connectivity index (χ0n) is 18.2. The van der Waals surface area contributed by atoms with E-state index in [-0.39, 0.29) is 28.9 Å². The summed E-state index contributed by atoms with van der Waals surface area (Å²) in [5.74, 6) is -0.0245. The molecule has 2 aliphatic heterocycles. The molecule has 0 N–H and O–H groups in total. The third kappa shape index (κ3) is 5.60. The van der Waals surface area contributed by atoms with Gasteiger partial charge in [0.05, 0.1) is 9.83 Å².